The van der Waals surface area contributed by atoms with Gasteiger partial charge in [-0.2, -0.15) is 0 Å². The summed E-state index contributed by atoms with van der Waals surface area (Å²) in [6.07, 6.45) is 1.64. The summed E-state index contributed by atoms with van der Waals surface area (Å²) in [4.78, 5) is 26.6. The Morgan fingerprint density at radius 3 is 2.08 bits per heavy atom. The number of para-hydroxylation sites is 2. The average molecular weight is 352 g/mol. The number of benzene rings is 2. The van der Waals surface area contributed by atoms with Gasteiger partial charge in [-0.05, 0) is 48.9 Å². The molecule has 0 aromatic heterocycles. The van der Waals surface area contributed by atoms with Gasteiger partial charge in [0.25, 0.3) is 0 Å². The summed E-state index contributed by atoms with van der Waals surface area (Å²) in [5.41, 5.74) is 5.88. The Morgan fingerprint density at radius 1 is 0.923 bits per heavy atom. The van der Waals surface area contributed by atoms with Gasteiger partial charge in [-0.1, -0.05) is 50.2 Å². The molecule has 0 radical (unpaired) electrons. The van der Waals surface area contributed by atoms with Crippen LogP contribution in [0.4, 0.5) is 11.4 Å². The van der Waals surface area contributed by atoms with Gasteiger partial charge in [0.05, 0.1) is 5.69 Å². The standard InChI is InChI=1S/C22H28N2O2/c1-6-18-12-8-10-15(3)21(18)23-20(26)14-24(17(5)25)22-16(4)11-9-13-19(22)7-2/h8-13H,6-7,14H2,1-5H3,(H,23,26). The predicted molar refractivity (Wildman–Crippen MR) is 108 cm³/mol. The second-order valence-electron chi connectivity index (χ2n) is 6.55. The van der Waals surface area contributed by atoms with E-state index in [1.54, 1.807) is 4.90 Å². The molecule has 138 valence electrons. The van der Waals surface area contributed by atoms with Crippen LogP contribution >= 0.6 is 0 Å². The minimum absolute atomic E-state index is 0.00464. The van der Waals surface area contributed by atoms with Gasteiger partial charge >= 0.3 is 0 Å². The Hall–Kier alpha value is -2.62. The molecular weight excluding hydrogens is 324 g/mol. The zero-order chi connectivity index (χ0) is 19.3. The number of anilines is 2. The van der Waals surface area contributed by atoms with Crippen LogP contribution < -0.4 is 10.2 Å². The fourth-order valence-electron chi connectivity index (χ4n) is 3.26. The molecule has 0 unspecified atom stereocenters. The molecule has 0 heterocycles. The highest BCUT2D eigenvalue weighted by Crippen LogP contribution is 2.26. The van der Waals surface area contributed by atoms with E-state index >= 15 is 0 Å². The van der Waals surface area contributed by atoms with Crippen molar-refractivity contribution in [3.8, 4) is 0 Å². The lowest BCUT2D eigenvalue weighted by Gasteiger charge is -2.25. The van der Waals surface area contributed by atoms with Crippen molar-refractivity contribution in [2.24, 2.45) is 0 Å². The maximum atomic E-state index is 12.7. The van der Waals surface area contributed by atoms with Gasteiger partial charge in [-0.25, -0.2) is 0 Å². The highest BCUT2D eigenvalue weighted by Gasteiger charge is 2.20. The molecule has 0 saturated heterocycles. The van der Waals surface area contributed by atoms with Crippen molar-refractivity contribution < 1.29 is 9.59 Å². The van der Waals surface area contributed by atoms with Crippen LogP contribution in [0.3, 0.4) is 0 Å². The third-order valence-corrected chi connectivity index (χ3v) is 4.66. The van der Waals surface area contributed by atoms with Crippen LogP contribution in [-0.2, 0) is 22.4 Å². The molecule has 26 heavy (non-hydrogen) atoms. The summed E-state index contributed by atoms with van der Waals surface area (Å²) < 4.78 is 0. The molecule has 0 spiro atoms. The number of carbonyl (C=O) groups excluding carboxylic acids is 2. The molecule has 2 amide bonds. The Balaban J connectivity index is 2.30. The summed E-state index contributed by atoms with van der Waals surface area (Å²) >= 11 is 0. The zero-order valence-corrected chi connectivity index (χ0v) is 16.3. The van der Waals surface area contributed by atoms with Gasteiger partial charge in [-0.3, -0.25) is 9.59 Å². The molecule has 0 atom stereocenters. The summed E-state index contributed by atoms with van der Waals surface area (Å²) in [5, 5.41) is 3.01. The fraction of sp³-hybridized carbons (Fsp3) is 0.364. The first kappa shape index (κ1) is 19.7. The molecular formula is C22H28N2O2. The first-order valence-corrected chi connectivity index (χ1v) is 9.13. The first-order valence-electron chi connectivity index (χ1n) is 9.13. The lowest BCUT2D eigenvalue weighted by atomic mass is 10.0. The number of rotatable bonds is 6. The molecule has 0 aliphatic heterocycles. The van der Waals surface area contributed by atoms with Crippen LogP contribution in [0.2, 0.25) is 0 Å². The summed E-state index contributed by atoms with van der Waals surface area (Å²) in [6, 6.07) is 11.9. The van der Waals surface area contributed by atoms with Crippen molar-refractivity contribution in [1.29, 1.82) is 0 Å². The Morgan fingerprint density at radius 2 is 1.50 bits per heavy atom. The number of carbonyl (C=O) groups is 2. The third kappa shape index (κ3) is 4.31. The van der Waals surface area contributed by atoms with E-state index in [2.05, 4.69) is 19.2 Å². The summed E-state index contributed by atoms with van der Waals surface area (Å²) in [7, 11) is 0. The van der Waals surface area contributed by atoms with Crippen molar-refractivity contribution in [3.63, 3.8) is 0 Å². The van der Waals surface area contributed by atoms with E-state index in [4.69, 9.17) is 0 Å². The second kappa shape index (κ2) is 8.65. The largest absolute Gasteiger partial charge is 0.324 e. The smallest absolute Gasteiger partial charge is 0.244 e. The number of aryl methyl sites for hydroxylation is 4. The molecule has 1 N–H and O–H groups in total. The maximum Gasteiger partial charge on any atom is 0.244 e. The van der Waals surface area contributed by atoms with E-state index in [0.29, 0.717) is 0 Å². The van der Waals surface area contributed by atoms with E-state index < -0.39 is 0 Å². The minimum atomic E-state index is -0.186. The molecule has 0 aliphatic carbocycles. The van der Waals surface area contributed by atoms with Gasteiger partial charge in [0.15, 0.2) is 0 Å². The quantitative estimate of drug-likeness (QED) is 0.836. The number of nitrogens with zero attached hydrogens (tertiary/aromatic N) is 1. The van der Waals surface area contributed by atoms with Gasteiger partial charge in [0.1, 0.15) is 6.54 Å². The van der Waals surface area contributed by atoms with Crippen LogP contribution in [0.1, 0.15) is 43.0 Å². The highest BCUT2D eigenvalue weighted by molar-refractivity contribution is 6.03. The summed E-state index contributed by atoms with van der Waals surface area (Å²) in [6.45, 7) is 9.58. The molecule has 0 aliphatic rings. The topological polar surface area (TPSA) is 49.4 Å². The van der Waals surface area contributed by atoms with Crippen molar-refractivity contribution in [2.45, 2.75) is 47.5 Å². The monoisotopic (exact) mass is 352 g/mol. The lowest BCUT2D eigenvalue weighted by molar-refractivity contribution is -0.120. The van der Waals surface area contributed by atoms with E-state index in [-0.39, 0.29) is 18.4 Å². The Labute approximate surface area is 156 Å². The van der Waals surface area contributed by atoms with Crippen LogP contribution in [-0.4, -0.2) is 18.4 Å². The zero-order valence-electron chi connectivity index (χ0n) is 16.3. The minimum Gasteiger partial charge on any atom is -0.324 e. The molecule has 0 fully saturated rings. The SMILES string of the molecule is CCc1cccc(C)c1NC(=O)CN(C(C)=O)c1c(C)cccc1CC. The van der Waals surface area contributed by atoms with Crippen LogP contribution in [0.5, 0.6) is 0 Å². The van der Waals surface area contributed by atoms with Crippen LogP contribution in [0.25, 0.3) is 0 Å². The second-order valence-corrected chi connectivity index (χ2v) is 6.55. The summed E-state index contributed by atoms with van der Waals surface area (Å²) in [5.74, 6) is -0.320. The van der Waals surface area contributed by atoms with Crippen LogP contribution in [0, 0.1) is 13.8 Å². The molecule has 2 aromatic carbocycles. The molecule has 0 bridgehead atoms. The molecule has 2 rings (SSSR count). The molecule has 4 heteroatoms. The molecule has 0 saturated carbocycles. The Kier molecular flexibility index (Phi) is 6.56. The lowest BCUT2D eigenvalue weighted by Crippen LogP contribution is -2.38. The van der Waals surface area contributed by atoms with Gasteiger partial charge in [0, 0.05) is 12.6 Å². The highest BCUT2D eigenvalue weighted by atomic mass is 16.2. The number of hydrogen-bond acceptors (Lipinski definition) is 2. The van der Waals surface area contributed by atoms with E-state index in [0.717, 1.165) is 46.5 Å². The van der Waals surface area contributed by atoms with Crippen molar-refractivity contribution in [2.75, 3.05) is 16.8 Å². The van der Waals surface area contributed by atoms with Gasteiger partial charge < -0.3 is 10.2 Å². The Bertz CT molecular complexity index is 812. The van der Waals surface area contributed by atoms with Crippen molar-refractivity contribution in [1.82, 2.24) is 0 Å². The first-order chi connectivity index (χ1) is 12.4. The predicted octanol–water partition coefficient (Wildman–Crippen LogP) is 4.42. The number of amides is 2. The van der Waals surface area contributed by atoms with Gasteiger partial charge in [-0.15, -0.1) is 0 Å². The van der Waals surface area contributed by atoms with Gasteiger partial charge in [0.2, 0.25) is 11.8 Å². The number of nitrogens with one attached hydrogen (secondary N) is 1. The third-order valence-electron chi connectivity index (χ3n) is 4.66. The number of hydrogen-bond donors (Lipinski definition) is 1. The van der Waals surface area contributed by atoms with Crippen molar-refractivity contribution in [3.05, 3.63) is 58.7 Å². The van der Waals surface area contributed by atoms with E-state index in [1.165, 1.54) is 6.92 Å². The maximum absolute atomic E-state index is 12.7. The van der Waals surface area contributed by atoms with Crippen molar-refractivity contribution >= 4 is 23.2 Å². The molecule has 4 nitrogen and oxygen atoms in total. The van der Waals surface area contributed by atoms with Crippen LogP contribution in [0.15, 0.2) is 36.4 Å². The van der Waals surface area contributed by atoms with E-state index in [1.807, 2.05) is 50.2 Å². The van der Waals surface area contributed by atoms with E-state index in [9.17, 15) is 9.59 Å². The normalized spacial score (nSPS) is 10.5. The fourth-order valence-corrected chi connectivity index (χ4v) is 3.26. The molecule has 2 aromatic rings. The average Bonchev–Trinajstić information content (AvgIpc) is 2.61.